The molecule has 1 rings (SSSR count). The van der Waals surface area contributed by atoms with Crippen molar-refractivity contribution in [3.63, 3.8) is 0 Å². The molecule has 1 saturated heterocycles. The Kier molecular flexibility index (Phi) is 1.08. The van der Waals surface area contributed by atoms with Crippen molar-refractivity contribution >= 4 is 0 Å². The first-order chi connectivity index (χ1) is 2.89. The molecule has 1 N–H and O–H groups in total. The molecule has 1 aliphatic heterocycles. The second kappa shape index (κ2) is 1.58. The van der Waals surface area contributed by atoms with Crippen molar-refractivity contribution < 1.29 is 4.84 Å². The van der Waals surface area contributed by atoms with Crippen LogP contribution in [0.3, 0.4) is 0 Å². The lowest BCUT2D eigenvalue weighted by molar-refractivity contribution is 0.0940. The highest BCUT2D eigenvalue weighted by Gasteiger charge is 2.06. The molecule has 6 heavy (non-hydrogen) atoms. The highest BCUT2D eigenvalue weighted by molar-refractivity contribution is 4.66. The summed E-state index contributed by atoms with van der Waals surface area (Å²) in [6, 6.07) is 0.324. The van der Waals surface area contributed by atoms with Crippen molar-refractivity contribution in [1.29, 1.82) is 0 Å². The van der Waals surface area contributed by atoms with E-state index in [4.69, 9.17) is 4.84 Å². The van der Waals surface area contributed by atoms with E-state index >= 15 is 0 Å². The normalized spacial score (nSPS) is 34.5. The highest BCUT2D eigenvalue weighted by atomic mass is 16.7. The lowest BCUT2D eigenvalue weighted by atomic mass is 10.3. The Bertz CT molecular complexity index is 40.8. The Morgan fingerprint density at radius 2 is 2.67 bits per heavy atom. The molecule has 0 spiro atoms. The fraction of sp³-hybridized carbons (Fsp3) is 0.750. The van der Waals surface area contributed by atoms with E-state index in [-0.39, 0.29) is 0 Å². The van der Waals surface area contributed by atoms with Gasteiger partial charge in [-0.25, -0.2) is 0 Å². The number of rotatable bonds is 0. The number of hydroxylamine groups is 1. The molecule has 2 nitrogen and oxygen atoms in total. The maximum Gasteiger partial charge on any atom is 0.0698 e. The Hall–Kier alpha value is -0.0800. The molecular formula is C4H8NO. The zero-order valence-electron chi connectivity index (χ0n) is 3.61. The Labute approximate surface area is 37.4 Å². The van der Waals surface area contributed by atoms with E-state index in [1.165, 1.54) is 0 Å². The molecule has 0 bridgehead atoms. The molecule has 1 atom stereocenters. The predicted octanol–water partition coefficient (Wildman–Crippen LogP) is 0.114. The molecule has 1 fully saturated rings. The van der Waals surface area contributed by atoms with Crippen LogP contribution < -0.4 is 5.48 Å². The molecule has 2 heteroatoms. The Balaban J connectivity index is 2.18. The third-order valence-corrected chi connectivity index (χ3v) is 0.818. The van der Waals surface area contributed by atoms with Crippen molar-refractivity contribution in [2.45, 2.75) is 12.5 Å². The average Bonchev–Trinajstić information content (AvgIpc) is 1.86. The lowest BCUT2D eigenvalue weighted by Gasteiger charge is -1.92. The molecule has 0 aromatic carbocycles. The van der Waals surface area contributed by atoms with Crippen LogP contribution in [0.2, 0.25) is 0 Å². The molecule has 1 radical (unpaired) electrons. The van der Waals surface area contributed by atoms with Gasteiger partial charge in [0, 0.05) is 6.04 Å². The molecule has 0 saturated carbocycles. The molecule has 0 aromatic heterocycles. The van der Waals surface area contributed by atoms with Gasteiger partial charge in [0.15, 0.2) is 0 Å². The summed E-state index contributed by atoms with van der Waals surface area (Å²) in [4.78, 5) is 4.74. The second-order valence-electron chi connectivity index (χ2n) is 1.45. The van der Waals surface area contributed by atoms with Crippen LogP contribution in [0, 0.1) is 6.92 Å². The smallest absolute Gasteiger partial charge is 0.0698 e. The second-order valence-corrected chi connectivity index (χ2v) is 1.45. The summed E-state index contributed by atoms with van der Waals surface area (Å²) in [5.74, 6) is 0. The van der Waals surface area contributed by atoms with Gasteiger partial charge in [-0.15, -0.1) is 0 Å². The van der Waals surface area contributed by atoms with Crippen molar-refractivity contribution in [3.05, 3.63) is 6.92 Å². The average molecular weight is 86.1 g/mol. The van der Waals surface area contributed by atoms with Crippen molar-refractivity contribution in [3.8, 4) is 0 Å². The van der Waals surface area contributed by atoms with Crippen LogP contribution in [0.25, 0.3) is 0 Å². The summed E-state index contributed by atoms with van der Waals surface area (Å²) >= 11 is 0. The van der Waals surface area contributed by atoms with E-state index in [9.17, 15) is 0 Å². The van der Waals surface area contributed by atoms with Gasteiger partial charge in [0.2, 0.25) is 0 Å². The predicted molar refractivity (Wildman–Crippen MR) is 22.8 cm³/mol. The number of nitrogens with one attached hydrogen (secondary N) is 1. The van der Waals surface area contributed by atoms with Gasteiger partial charge in [0.25, 0.3) is 0 Å². The molecule has 0 aliphatic carbocycles. The topological polar surface area (TPSA) is 21.3 Å². The zero-order valence-corrected chi connectivity index (χ0v) is 3.61. The lowest BCUT2D eigenvalue weighted by Crippen LogP contribution is -2.14. The first-order valence-electron chi connectivity index (χ1n) is 2.10. The minimum absolute atomic E-state index is 0.324. The van der Waals surface area contributed by atoms with Crippen LogP contribution in [-0.4, -0.2) is 12.6 Å². The van der Waals surface area contributed by atoms with Crippen LogP contribution in [0.1, 0.15) is 6.42 Å². The Morgan fingerprint density at radius 1 is 1.83 bits per heavy atom. The summed E-state index contributed by atoms with van der Waals surface area (Å²) in [5.41, 5.74) is 2.71. The highest BCUT2D eigenvalue weighted by Crippen LogP contribution is 1.96. The number of hydrogen-bond donors (Lipinski definition) is 1. The largest absolute Gasteiger partial charge is 0.301 e. The molecule has 35 valence electrons. The molecule has 1 unspecified atom stereocenters. The third-order valence-electron chi connectivity index (χ3n) is 0.818. The van der Waals surface area contributed by atoms with Gasteiger partial charge in [0.1, 0.15) is 0 Å². The first kappa shape index (κ1) is 4.09. The van der Waals surface area contributed by atoms with Crippen LogP contribution in [-0.2, 0) is 4.84 Å². The van der Waals surface area contributed by atoms with Gasteiger partial charge < -0.3 is 4.84 Å². The van der Waals surface area contributed by atoms with Crippen molar-refractivity contribution in [1.82, 2.24) is 5.48 Å². The van der Waals surface area contributed by atoms with Crippen LogP contribution >= 0.6 is 0 Å². The van der Waals surface area contributed by atoms with Crippen LogP contribution in [0.15, 0.2) is 0 Å². The van der Waals surface area contributed by atoms with E-state index in [2.05, 4.69) is 12.4 Å². The van der Waals surface area contributed by atoms with Gasteiger partial charge in [-0.1, -0.05) is 0 Å². The van der Waals surface area contributed by atoms with E-state index in [1.54, 1.807) is 0 Å². The van der Waals surface area contributed by atoms with E-state index < -0.39 is 0 Å². The van der Waals surface area contributed by atoms with E-state index in [0.29, 0.717) is 6.04 Å². The molecule has 1 heterocycles. The quantitative estimate of drug-likeness (QED) is 0.452. The maximum atomic E-state index is 4.74. The summed E-state index contributed by atoms with van der Waals surface area (Å²) < 4.78 is 0. The molecular weight excluding hydrogens is 78.0 g/mol. The van der Waals surface area contributed by atoms with E-state index in [1.807, 2.05) is 0 Å². The zero-order chi connectivity index (χ0) is 4.41. The molecule has 0 aromatic rings. The minimum Gasteiger partial charge on any atom is -0.301 e. The third kappa shape index (κ3) is 0.698. The fourth-order valence-electron chi connectivity index (χ4n) is 0.437. The van der Waals surface area contributed by atoms with Gasteiger partial charge >= 0.3 is 0 Å². The van der Waals surface area contributed by atoms with Gasteiger partial charge in [-0.05, 0) is 13.3 Å². The maximum absolute atomic E-state index is 4.74. The summed E-state index contributed by atoms with van der Waals surface area (Å²) in [7, 11) is 0. The first-order valence-corrected chi connectivity index (χ1v) is 2.10. The molecule has 1 aliphatic rings. The van der Waals surface area contributed by atoms with Gasteiger partial charge in [-0.2, -0.15) is 5.48 Å². The van der Waals surface area contributed by atoms with Gasteiger partial charge in [0.05, 0.1) is 6.61 Å². The van der Waals surface area contributed by atoms with Gasteiger partial charge in [-0.3, -0.25) is 0 Å². The monoisotopic (exact) mass is 86.1 g/mol. The Morgan fingerprint density at radius 3 is 2.83 bits per heavy atom. The summed E-state index contributed by atoms with van der Waals surface area (Å²) in [6.07, 6.45) is 1.04. The van der Waals surface area contributed by atoms with Crippen molar-refractivity contribution in [2.24, 2.45) is 0 Å². The summed E-state index contributed by atoms with van der Waals surface area (Å²) in [5, 5.41) is 0. The number of hydrogen-bond acceptors (Lipinski definition) is 2. The van der Waals surface area contributed by atoms with Crippen molar-refractivity contribution in [2.75, 3.05) is 6.61 Å². The van der Waals surface area contributed by atoms with Crippen LogP contribution in [0.4, 0.5) is 0 Å². The van der Waals surface area contributed by atoms with E-state index in [0.717, 1.165) is 13.0 Å². The fourth-order valence-corrected chi connectivity index (χ4v) is 0.437. The summed E-state index contributed by atoms with van der Waals surface area (Å²) in [6.45, 7) is 4.52. The van der Waals surface area contributed by atoms with Crippen LogP contribution in [0.5, 0.6) is 0 Å². The molecule has 0 amide bonds. The minimum atomic E-state index is 0.324. The SMILES string of the molecule is [CH2]C1CCON1. The standard InChI is InChI=1S/C4H8NO/c1-4-2-3-6-5-4/h4-5H,1-3H2.